The Bertz CT molecular complexity index is 1910. The Kier molecular flexibility index (Phi) is 7.00. The van der Waals surface area contributed by atoms with Crippen LogP contribution in [-0.4, -0.2) is 41.7 Å². The highest BCUT2D eigenvalue weighted by atomic mass is 35.5. The van der Waals surface area contributed by atoms with Crippen LogP contribution in [-0.2, 0) is 34.9 Å². The minimum Gasteiger partial charge on any atom is -0.377 e. The van der Waals surface area contributed by atoms with Crippen molar-refractivity contribution in [3.8, 4) is 0 Å². The fourth-order valence-electron chi connectivity index (χ4n) is 5.54. The van der Waals surface area contributed by atoms with Crippen molar-refractivity contribution in [2.24, 2.45) is 7.05 Å². The quantitative estimate of drug-likeness (QED) is 0.298. The van der Waals surface area contributed by atoms with Gasteiger partial charge < -0.3 is 15.0 Å². The summed E-state index contributed by atoms with van der Waals surface area (Å²) in [6.07, 6.45) is 0. The fraction of sp³-hybridized carbons (Fsp3) is 0.345. The molecule has 0 amide bonds. The standard InChI is InChI=1S/C29H30ClFN6O4S/c1-16-9-21(17(2)32-23-7-8-24(30)33-26(23)42(39,40)35-29(3)14-41-15-29)25-22(10-16)27(38)36(4)28(34-25)37-12-18-5-6-20(31)11-19(18)13-37/h5-11,17,32,35H,12-15H2,1-4H3/t17-/m1/s1. The number of nitrogens with zero attached hydrogens (tertiary/aromatic N) is 4. The average molecular weight is 613 g/mol. The number of benzene rings is 2. The van der Waals surface area contributed by atoms with Crippen molar-refractivity contribution < 1.29 is 17.5 Å². The van der Waals surface area contributed by atoms with E-state index >= 15 is 0 Å². The summed E-state index contributed by atoms with van der Waals surface area (Å²) < 4.78 is 50.0. The fourth-order valence-corrected chi connectivity index (χ4v) is 7.24. The lowest BCUT2D eigenvalue weighted by Gasteiger charge is -2.38. The molecule has 1 atom stereocenters. The Labute approximate surface area is 247 Å². The third kappa shape index (κ3) is 5.13. The van der Waals surface area contributed by atoms with Crippen molar-refractivity contribution in [2.75, 3.05) is 23.4 Å². The van der Waals surface area contributed by atoms with Gasteiger partial charge in [-0.3, -0.25) is 9.36 Å². The topological polar surface area (TPSA) is 118 Å². The van der Waals surface area contributed by atoms with Crippen LogP contribution in [0.2, 0.25) is 5.15 Å². The van der Waals surface area contributed by atoms with E-state index in [1.807, 2.05) is 24.8 Å². The summed E-state index contributed by atoms with van der Waals surface area (Å²) in [5, 5.41) is 3.50. The molecule has 0 spiro atoms. The Morgan fingerprint density at radius 1 is 1.10 bits per heavy atom. The molecular weight excluding hydrogens is 583 g/mol. The largest absolute Gasteiger partial charge is 0.377 e. The Balaban J connectivity index is 1.39. The monoisotopic (exact) mass is 612 g/mol. The first-order valence-corrected chi connectivity index (χ1v) is 15.3. The van der Waals surface area contributed by atoms with Gasteiger partial charge in [0, 0.05) is 25.7 Å². The van der Waals surface area contributed by atoms with Gasteiger partial charge >= 0.3 is 0 Å². The molecule has 0 radical (unpaired) electrons. The number of aromatic nitrogens is 3. The molecule has 4 heterocycles. The lowest BCUT2D eigenvalue weighted by Crippen LogP contribution is -2.59. The van der Waals surface area contributed by atoms with Gasteiger partial charge in [-0.25, -0.2) is 22.8 Å². The van der Waals surface area contributed by atoms with Gasteiger partial charge in [-0.15, -0.1) is 0 Å². The zero-order valence-corrected chi connectivity index (χ0v) is 25.1. The van der Waals surface area contributed by atoms with Crippen LogP contribution in [0, 0.1) is 12.7 Å². The predicted molar refractivity (Wildman–Crippen MR) is 159 cm³/mol. The first-order chi connectivity index (χ1) is 19.8. The van der Waals surface area contributed by atoms with E-state index in [2.05, 4.69) is 15.0 Å². The van der Waals surface area contributed by atoms with Crippen LogP contribution in [0.1, 0.15) is 42.1 Å². The summed E-state index contributed by atoms with van der Waals surface area (Å²) in [5.41, 5.74) is 3.17. The van der Waals surface area contributed by atoms with Crippen LogP contribution in [0.4, 0.5) is 16.0 Å². The number of hydrogen-bond acceptors (Lipinski definition) is 8. The van der Waals surface area contributed by atoms with Crippen LogP contribution in [0.5, 0.6) is 0 Å². The Morgan fingerprint density at radius 2 is 1.83 bits per heavy atom. The van der Waals surface area contributed by atoms with Gasteiger partial charge in [0.2, 0.25) is 5.95 Å². The van der Waals surface area contributed by atoms with E-state index in [1.165, 1.54) is 22.8 Å². The van der Waals surface area contributed by atoms with Crippen LogP contribution in [0.3, 0.4) is 0 Å². The van der Waals surface area contributed by atoms with Crippen LogP contribution in [0.15, 0.2) is 52.3 Å². The molecule has 2 aromatic carbocycles. The molecule has 2 aliphatic rings. The molecule has 2 aliphatic heterocycles. The smallest absolute Gasteiger partial charge is 0.262 e. The second kappa shape index (κ2) is 10.3. The van der Waals surface area contributed by atoms with E-state index in [1.54, 1.807) is 32.2 Å². The molecule has 10 nitrogen and oxygen atoms in total. The number of hydrogen-bond donors (Lipinski definition) is 2. The summed E-state index contributed by atoms with van der Waals surface area (Å²) in [6.45, 7) is 6.92. The lowest BCUT2D eigenvalue weighted by atomic mass is 10.0. The van der Waals surface area contributed by atoms with Gasteiger partial charge in [0.25, 0.3) is 15.6 Å². The zero-order valence-electron chi connectivity index (χ0n) is 23.5. The highest BCUT2D eigenvalue weighted by Crippen LogP contribution is 2.33. The summed E-state index contributed by atoms with van der Waals surface area (Å²) in [4.78, 5) is 24.6. The van der Waals surface area contributed by atoms with E-state index in [0.717, 1.165) is 16.7 Å². The summed E-state index contributed by atoms with van der Waals surface area (Å²) in [6, 6.07) is 11.0. The number of ether oxygens (including phenoxy) is 1. The maximum Gasteiger partial charge on any atom is 0.262 e. The molecule has 0 aliphatic carbocycles. The molecule has 4 aromatic rings. The molecule has 0 saturated carbocycles. The van der Waals surface area contributed by atoms with E-state index in [-0.39, 0.29) is 40.5 Å². The van der Waals surface area contributed by atoms with E-state index in [0.29, 0.717) is 35.5 Å². The molecule has 1 fully saturated rings. The summed E-state index contributed by atoms with van der Waals surface area (Å²) >= 11 is 6.12. The van der Waals surface area contributed by atoms with Gasteiger partial charge in [-0.1, -0.05) is 23.7 Å². The number of rotatable bonds is 7. The Morgan fingerprint density at radius 3 is 2.55 bits per heavy atom. The van der Waals surface area contributed by atoms with Gasteiger partial charge in [-0.05, 0) is 67.8 Å². The molecule has 2 aromatic heterocycles. The highest BCUT2D eigenvalue weighted by molar-refractivity contribution is 7.89. The van der Waals surface area contributed by atoms with Crippen LogP contribution >= 0.6 is 11.6 Å². The zero-order chi connectivity index (χ0) is 30.0. The van der Waals surface area contributed by atoms with Crippen LogP contribution in [0.25, 0.3) is 10.9 Å². The minimum atomic E-state index is -4.06. The number of aryl methyl sites for hydroxylation is 1. The van der Waals surface area contributed by atoms with Crippen molar-refractivity contribution >= 4 is 44.2 Å². The second-order valence-electron chi connectivity index (χ2n) is 11.3. The summed E-state index contributed by atoms with van der Waals surface area (Å²) in [5.74, 6) is 0.148. The number of anilines is 2. The van der Waals surface area contributed by atoms with E-state index in [9.17, 15) is 17.6 Å². The molecule has 0 unspecified atom stereocenters. The molecule has 220 valence electrons. The summed E-state index contributed by atoms with van der Waals surface area (Å²) in [7, 11) is -2.39. The Hall–Kier alpha value is -3.58. The third-order valence-electron chi connectivity index (χ3n) is 7.65. The van der Waals surface area contributed by atoms with E-state index in [4.69, 9.17) is 21.3 Å². The maximum absolute atomic E-state index is 13.9. The number of pyridine rings is 1. The number of fused-ring (bicyclic) bond motifs is 2. The van der Waals surface area contributed by atoms with Crippen molar-refractivity contribution in [1.82, 2.24) is 19.3 Å². The highest BCUT2D eigenvalue weighted by Gasteiger charge is 2.39. The molecule has 13 heteroatoms. The van der Waals surface area contributed by atoms with Crippen molar-refractivity contribution in [3.63, 3.8) is 0 Å². The first-order valence-electron chi connectivity index (χ1n) is 13.4. The number of nitrogens with one attached hydrogen (secondary N) is 2. The van der Waals surface area contributed by atoms with Crippen molar-refractivity contribution in [3.05, 3.63) is 86.0 Å². The predicted octanol–water partition coefficient (Wildman–Crippen LogP) is 4.19. The van der Waals surface area contributed by atoms with Crippen LogP contribution < -0.4 is 20.5 Å². The molecule has 42 heavy (non-hydrogen) atoms. The molecule has 6 rings (SSSR count). The van der Waals surface area contributed by atoms with Crippen molar-refractivity contribution in [1.29, 1.82) is 0 Å². The number of sulfonamides is 1. The van der Waals surface area contributed by atoms with Gasteiger partial charge in [0.1, 0.15) is 11.0 Å². The SMILES string of the molecule is Cc1cc([C@@H](C)Nc2ccc(Cl)nc2S(=O)(=O)NC2(C)COC2)c2nc(N3Cc4ccc(F)cc4C3)n(C)c(=O)c2c1. The van der Waals surface area contributed by atoms with Crippen molar-refractivity contribution in [2.45, 2.75) is 50.5 Å². The molecule has 1 saturated heterocycles. The van der Waals surface area contributed by atoms with E-state index < -0.39 is 21.6 Å². The molecule has 2 N–H and O–H groups in total. The average Bonchev–Trinajstić information content (AvgIpc) is 3.33. The first kappa shape index (κ1) is 28.5. The number of halogens is 2. The molecular formula is C29H30ClFN6O4S. The van der Waals surface area contributed by atoms with Gasteiger partial charge in [0.15, 0.2) is 5.03 Å². The van der Waals surface area contributed by atoms with Gasteiger partial charge in [-0.2, -0.15) is 4.72 Å². The lowest BCUT2D eigenvalue weighted by molar-refractivity contribution is -0.0523. The normalized spacial score (nSPS) is 16.8. The maximum atomic E-state index is 13.9. The van der Waals surface area contributed by atoms with Gasteiger partial charge in [0.05, 0.1) is 41.4 Å². The second-order valence-corrected chi connectivity index (χ2v) is 13.3. The molecule has 0 bridgehead atoms. The minimum absolute atomic E-state index is 0.0332. The third-order valence-corrected chi connectivity index (χ3v) is 9.44.